The van der Waals surface area contributed by atoms with Crippen molar-refractivity contribution in [3.8, 4) is 0 Å². The minimum atomic E-state index is -0.0904. The lowest BCUT2D eigenvalue weighted by Gasteiger charge is -2.35. The molecule has 60 heavy (non-hydrogen) atoms. The molecule has 2 amide bonds. The minimum Gasteiger partial charge on any atom is -0.339 e. The Morgan fingerprint density at radius 3 is 1.35 bits per heavy atom. The van der Waals surface area contributed by atoms with E-state index in [4.69, 9.17) is 5.10 Å². The van der Waals surface area contributed by atoms with Crippen LogP contribution in [-0.2, 0) is 9.59 Å². The van der Waals surface area contributed by atoms with Crippen LogP contribution < -0.4 is 5.43 Å². The number of carbonyl (C=O) groups is 2. The van der Waals surface area contributed by atoms with Gasteiger partial charge < -0.3 is 9.80 Å². The fraction of sp³-hybridized carbons (Fsp3) is 0.870. The van der Waals surface area contributed by atoms with Gasteiger partial charge in [-0.05, 0) is 111 Å². The van der Waals surface area contributed by atoms with Crippen LogP contribution in [-0.4, -0.2) is 60.6 Å². The number of unbranched alkanes of at least 4 members (excludes halogenated alkanes) is 22. The molecule has 0 aromatic carbocycles. The van der Waals surface area contributed by atoms with Crippen LogP contribution >= 0.6 is 0 Å². The van der Waals surface area contributed by atoms with E-state index >= 15 is 0 Å². The molecule has 0 aromatic rings. The standard InChI is InChI=1S/C54H104N4O2/c1-8-13-18-23-27-30-33-38-44-51(45-39-34-31-28-24-19-14-9-2)55-56-53(59)49-52(46-40-35-29-25-20-15-10-3)58(48-41-47-57(6)7)54(60)50(42-36-22-17-12-5)43-37-32-26-21-16-11-4/h27-28,30-31,50,52H,8-26,29,32-49H2,1-7H3,(H,56,59)/b30-27-,31-28-. The van der Waals surface area contributed by atoms with E-state index in [2.05, 4.69) is 88.2 Å². The van der Waals surface area contributed by atoms with Gasteiger partial charge in [0.15, 0.2) is 0 Å². The summed E-state index contributed by atoms with van der Waals surface area (Å²) in [7, 11) is 4.24. The first-order chi connectivity index (χ1) is 29.3. The summed E-state index contributed by atoms with van der Waals surface area (Å²) in [4.78, 5) is 33.3. The van der Waals surface area contributed by atoms with E-state index in [1.54, 1.807) is 0 Å². The van der Waals surface area contributed by atoms with E-state index in [-0.39, 0.29) is 17.9 Å². The number of nitrogens with one attached hydrogen (secondary N) is 1. The number of nitrogens with zero attached hydrogens (tertiary/aromatic N) is 3. The highest BCUT2D eigenvalue weighted by Gasteiger charge is 2.30. The molecule has 0 aromatic heterocycles. The molecule has 1 N–H and O–H groups in total. The molecule has 6 nitrogen and oxygen atoms in total. The molecule has 0 heterocycles. The van der Waals surface area contributed by atoms with Crippen LogP contribution in [0.15, 0.2) is 29.4 Å². The molecule has 0 fully saturated rings. The van der Waals surface area contributed by atoms with Crippen molar-refractivity contribution in [1.82, 2.24) is 15.2 Å². The highest BCUT2D eigenvalue weighted by molar-refractivity contribution is 5.86. The van der Waals surface area contributed by atoms with Gasteiger partial charge in [-0.25, -0.2) is 5.43 Å². The second kappa shape index (κ2) is 45.1. The highest BCUT2D eigenvalue weighted by atomic mass is 16.2. The minimum absolute atomic E-state index is 0.0343. The van der Waals surface area contributed by atoms with E-state index in [1.165, 1.54) is 141 Å². The zero-order valence-corrected chi connectivity index (χ0v) is 41.5. The van der Waals surface area contributed by atoms with Crippen molar-refractivity contribution in [2.45, 2.75) is 272 Å². The zero-order valence-electron chi connectivity index (χ0n) is 41.5. The molecule has 0 saturated carbocycles. The van der Waals surface area contributed by atoms with Crippen molar-refractivity contribution >= 4 is 17.5 Å². The van der Waals surface area contributed by atoms with Gasteiger partial charge in [0.1, 0.15) is 0 Å². The van der Waals surface area contributed by atoms with Crippen LogP contribution in [0.4, 0.5) is 0 Å². The molecule has 0 aliphatic carbocycles. The van der Waals surface area contributed by atoms with Crippen LogP contribution in [0.1, 0.15) is 266 Å². The first kappa shape index (κ1) is 58.0. The molecule has 6 heteroatoms. The topological polar surface area (TPSA) is 65.0 Å². The summed E-state index contributed by atoms with van der Waals surface area (Å²) in [6.45, 7) is 13.0. The summed E-state index contributed by atoms with van der Waals surface area (Å²) in [5, 5.41) is 4.84. The lowest BCUT2D eigenvalue weighted by molar-refractivity contribution is -0.140. The van der Waals surface area contributed by atoms with Gasteiger partial charge in [0.05, 0.1) is 0 Å². The quantitative estimate of drug-likeness (QED) is 0.0287. The van der Waals surface area contributed by atoms with E-state index in [0.717, 1.165) is 102 Å². The van der Waals surface area contributed by atoms with Gasteiger partial charge in [0, 0.05) is 30.6 Å². The highest BCUT2D eigenvalue weighted by Crippen LogP contribution is 2.25. The van der Waals surface area contributed by atoms with Crippen molar-refractivity contribution in [2.24, 2.45) is 11.0 Å². The maximum Gasteiger partial charge on any atom is 0.242 e. The molecule has 0 saturated heterocycles. The molecule has 0 aliphatic heterocycles. The molecule has 2 atom stereocenters. The Kier molecular flexibility index (Phi) is 43.6. The van der Waals surface area contributed by atoms with Gasteiger partial charge in [-0.2, -0.15) is 5.10 Å². The summed E-state index contributed by atoms with van der Waals surface area (Å²) < 4.78 is 0. The Morgan fingerprint density at radius 1 is 0.483 bits per heavy atom. The van der Waals surface area contributed by atoms with E-state index in [0.29, 0.717) is 12.3 Å². The Balaban J connectivity index is 6.20. The Morgan fingerprint density at radius 2 is 0.883 bits per heavy atom. The Hall–Kier alpha value is -1.95. The lowest BCUT2D eigenvalue weighted by atomic mass is 9.91. The van der Waals surface area contributed by atoms with Crippen molar-refractivity contribution < 1.29 is 9.59 Å². The van der Waals surface area contributed by atoms with Gasteiger partial charge >= 0.3 is 0 Å². The molecule has 0 rings (SSSR count). The predicted molar refractivity (Wildman–Crippen MR) is 266 cm³/mol. The lowest BCUT2D eigenvalue weighted by Crippen LogP contribution is -2.46. The third-order valence-corrected chi connectivity index (χ3v) is 12.2. The Bertz CT molecular complexity index is 1010. The van der Waals surface area contributed by atoms with Crippen LogP contribution in [0.25, 0.3) is 0 Å². The molecule has 2 unspecified atom stereocenters. The number of carbonyl (C=O) groups excluding carboxylic acids is 2. The predicted octanol–water partition coefficient (Wildman–Crippen LogP) is 16.1. The van der Waals surface area contributed by atoms with E-state index in [9.17, 15) is 9.59 Å². The van der Waals surface area contributed by atoms with E-state index in [1.807, 2.05) is 0 Å². The van der Waals surface area contributed by atoms with Crippen LogP contribution in [0, 0.1) is 5.92 Å². The molecule has 0 radical (unpaired) electrons. The third-order valence-electron chi connectivity index (χ3n) is 12.2. The van der Waals surface area contributed by atoms with Crippen LogP contribution in [0.5, 0.6) is 0 Å². The number of amides is 2. The van der Waals surface area contributed by atoms with Crippen LogP contribution in [0.2, 0.25) is 0 Å². The number of hydrazone groups is 1. The van der Waals surface area contributed by atoms with Crippen molar-refractivity contribution in [3.05, 3.63) is 24.3 Å². The van der Waals surface area contributed by atoms with E-state index < -0.39 is 0 Å². The van der Waals surface area contributed by atoms with Gasteiger partial charge in [-0.3, -0.25) is 9.59 Å². The maximum atomic E-state index is 14.9. The molecular weight excluding hydrogens is 737 g/mol. The molecule has 0 spiro atoms. The largest absolute Gasteiger partial charge is 0.339 e. The average molecular weight is 841 g/mol. The SMILES string of the molecule is CCCCC/C=C\CCCC(CCC/C=C\CCCCC)=NNC(=O)CC(CCCCCCCCC)N(CCCN(C)C)C(=O)C(CCCCCC)CCCCCCCC. The number of rotatable bonds is 45. The zero-order chi connectivity index (χ0) is 44.2. The first-order valence-corrected chi connectivity index (χ1v) is 26.4. The van der Waals surface area contributed by atoms with Crippen molar-refractivity contribution in [1.29, 1.82) is 0 Å². The molecule has 0 bridgehead atoms. The molecular formula is C54H104N4O2. The van der Waals surface area contributed by atoms with Crippen molar-refractivity contribution in [2.75, 3.05) is 27.2 Å². The normalized spacial score (nSPS) is 12.8. The molecule has 352 valence electrons. The van der Waals surface area contributed by atoms with Gasteiger partial charge in [-0.1, -0.05) is 194 Å². The smallest absolute Gasteiger partial charge is 0.242 e. The van der Waals surface area contributed by atoms with Crippen LogP contribution in [0.3, 0.4) is 0 Å². The summed E-state index contributed by atoms with van der Waals surface area (Å²) in [5.41, 5.74) is 4.17. The average Bonchev–Trinajstić information content (AvgIpc) is 3.24. The first-order valence-electron chi connectivity index (χ1n) is 26.4. The second-order valence-corrected chi connectivity index (χ2v) is 18.5. The van der Waals surface area contributed by atoms with Gasteiger partial charge in [0.2, 0.25) is 11.8 Å². The number of allylic oxidation sites excluding steroid dienone is 4. The monoisotopic (exact) mass is 841 g/mol. The fourth-order valence-corrected chi connectivity index (χ4v) is 8.33. The van der Waals surface area contributed by atoms with Crippen molar-refractivity contribution in [3.63, 3.8) is 0 Å². The van der Waals surface area contributed by atoms with Gasteiger partial charge in [0.25, 0.3) is 0 Å². The summed E-state index contributed by atoms with van der Waals surface area (Å²) >= 11 is 0. The fourth-order valence-electron chi connectivity index (χ4n) is 8.33. The Labute approximate surface area is 375 Å². The summed E-state index contributed by atoms with van der Waals surface area (Å²) in [5.74, 6) is 0.333. The molecule has 0 aliphatic rings. The number of hydrogen-bond donors (Lipinski definition) is 1. The second-order valence-electron chi connectivity index (χ2n) is 18.5. The maximum absolute atomic E-state index is 14.9. The van der Waals surface area contributed by atoms with Gasteiger partial charge in [-0.15, -0.1) is 0 Å². The third kappa shape index (κ3) is 36.7. The summed E-state index contributed by atoms with van der Waals surface area (Å²) in [6, 6.07) is -0.0904. The summed E-state index contributed by atoms with van der Waals surface area (Å²) in [6.07, 6.45) is 50.4. The number of hydrogen-bond acceptors (Lipinski definition) is 4.